The Kier molecular flexibility index (Phi) is 11.1. The summed E-state index contributed by atoms with van der Waals surface area (Å²) in [5, 5.41) is 7.48. The number of ether oxygens (including phenoxy) is 2. The van der Waals surface area contributed by atoms with Gasteiger partial charge < -0.3 is 20.1 Å². The number of methoxy groups -OCH3 is 1. The first-order valence-corrected chi connectivity index (χ1v) is 9.75. The molecule has 0 saturated carbocycles. The number of rotatable bonds is 8. The monoisotopic (exact) mass is 479 g/mol. The Balaban J connectivity index is 0.00000312. The summed E-state index contributed by atoms with van der Waals surface area (Å²) >= 11 is 2.05. The molecule has 2 N–H and O–H groups in total. The lowest BCUT2D eigenvalue weighted by Gasteiger charge is -2.15. The van der Waals surface area contributed by atoms with Gasteiger partial charge in [0.2, 0.25) is 0 Å². The number of hydrogen-bond donors (Lipinski definition) is 2. The molecule has 1 aliphatic rings. The van der Waals surface area contributed by atoms with E-state index in [0.717, 1.165) is 36.1 Å². The highest BCUT2D eigenvalue weighted by molar-refractivity contribution is 14.0. The second-order valence-electron chi connectivity index (χ2n) is 5.63. The molecule has 0 amide bonds. The molecular formula is C18H30IN3O2S. The van der Waals surface area contributed by atoms with Crippen LogP contribution in [0.1, 0.15) is 32.3 Å². The van der Waals surface area contributed by atoms with Crippen molar-refractivity contribution < 1.29 is 9.47 Å². The maximum atomic E-state index is 5.63. The lowest BCUT2D eigenvalue weighted by atomic mass is 10.2. The minimum absolute atomic E-state index is 0. The number of guanidine groups is 1. The van der Waals surface area contributed by atoms with E-state index in [1.54, 1.807) is 7.11 Å². The first-order valence-electron chi connectivity index (χ1n) is 8.70. The summed E-state index contributed by atoms with van der Waals surface area (Å²) in [5.74, 6) is 3.69. The van der Waals surface area contributed by atoms with E-state index in [9.17, 15) is 0 Å². The van der Waals surface area contributed by atoms with E-state index in [4.69, 9.17) is 14.5 Å². The van der Waals surface area contributed by atoms with Crippen LogP contribution in [0.25, 0.3) is 0 Å². The standard InChI is InChI=1S/C18H29N3O2S.HI/c1-4-19-18(21-13-15-7-6-10-24-15)20-12-14-8-9-16(22-3)17(11-14)23-5-2;/h8-9,11,15H,4-7,10,12-13H2,1-3H3,(H2,19,20,21);1H. The fourth-order valence-corrected chi connectivity index (χ4v) is 3.82. The molecule has 1 fully saturated rings. The molecule has 0 aliphatic carbocycles. The molecule has 1 saturated heterocycles. The average Bonchev–Trinajstić information content (AvgIpc) is 3.11. The summed E-state index contributed by atoms with van der Waals surface area (Å²) < 4.78 is 11.0. The highest BCUT2D eigenvalue weighted by Gasteiger charge is 2.15. The maximum absolute atomic E-state index is 5.63. The van der Waals surface area contributed by atoms with Crippen LogP contribution in [0.4, 0.5) is 0 Å². The Morgan fingerprint density at radius 3 is 2.76 bits per heavy atom. The molecule has 1 unspecified atom stereocenters. The number of aliphatic imine (C=N–C) groups is 1. The van der Waals surface area contributed by atoms with Crippen molar-refractivity contribution in [3.63, 3.8) is 0 Å². The van der Waals surface area contributed by atoms with Gasteiger partial charge in [-0.1, -0.05) is 6.07 Å². The van der Waals surface area contributed by atoms with E-state index < -0.39 is 0 Å². The molecule has 1 aromatic rings. The zero-order valence-electron chi connectivity index (χ0n) is 15.3. The zero-order valence-corrected chi connectivity index (χ0v) is 18.5. The molecule has 0 bridgehead atoms. The highest BCUT2D eigenvalue weighted by Crippen LogP contribution is 2.28. The lowest BCUT2D eigenvalue weighted by molar-refractivity contribution is 0.310. The van der Waals surface area contributed by atoms with E-state index in [1.165, 1.54) is 18.6 Å². The smallest absolute Gasteiger partial charge is 0.191 e. The number of thioether (sulfide) groups is 1. The van der Waals surface area contributed by atoms with Crippen molar-refractivity contribution in [3.05, 3.63) is 23.8 Å². The molecule has 7 heteroatoms. The quantitative estimate of drug-likeness (QED) is 0.339. The van der Waals surface area contributed by atoms with E-state index in [1.807, 2.05) is 25.1 Å². The third kappa shape index (κ3) is 7.52. The molecular weight excluding hydrogens is 449 g/mol. The predicted molar refractivity (Wildman–Crippen MR) is 118 cm³/mol. The minimum Gasteiger partial charge on any atom is -0.493 e. The van der Waals surface area contributed by atoms with Crippen LogP contribution in [0.5, 0.6) is 11.5 Å². The van der Waals surface area contributed by atoms with Crippen LogP contribution in [0.2, 0.25) is 0 Å². The fourth-order valence-electron chi connectivity index (χ4n) is 2.62. The third-order valence-electron chi connectivity index (χ3n) is 3.81. The van der Waals surface area contributed by atoms with Crippen molar-refractivity contribution in [2.45, 2.75) is 38.5 Å². The topological polar surface area (TPSA) is 54.9 Å². The van der Waals surface area contributed by atoms with Crippen molar-refractivity contribution in [2.75, 3.05) is 32.6 Å². The molecule has 2 rings (SSSR count). The second-order valence-corrected chi connectivity index (χ2v) is 7.04. The number of hydrogen-bond acceptors (Lipinski definition) is 4. The van der Waals surface area contributed by atoms with Crippen LogP contribution in [0.15, 0.2) is 23.2 Å². The average molecular weight is 479 g/mol. The van der Waals surface area contributed by atoms with Crippen LogP contribution in [0, 0.1) is 0 Å². The second kappa shape index (κ2) is 12.5. The SMILES string of the molecule is CCNC(=NCc1ccc(OC)c(OCC)c1)NCC1CCCS1.I. The summed E-state index contributed by atoms with van der Waals surface area (Å²) in [6, 6.07) is 5.97. The molecule has 1 aliphatic heterocycles. The summed E-state index contributed by atoms with van der Waals surface area (Å²) in [7, 11) is 1.66. The molecule has 1 heterocycles. The Morgan fingerprint density at radius 2 is 2.12 bits per heavy atom. The normalized spacial score (nSPS) is 16.9. The highest BCUT2D eigenvalue weighted by atomic mass is 127. The predicted octanol–water partition coefficient (Wildman–Crippen LogP) is 3.66. The van der Waals surface area contributed by atoms with Crippen LogP contribution in [0.3, 0.4) is 0 Å². The van der Waals surface area contributed by atoms with Crippen LogP contribution in [-0.2, 0) is 6.54 Å². The number of nitrogens with one attached hydrogen (secondary N) is 2. The number of halogens is 1. The zero-order chi connectivity index (χ0) is 17.2. The van der Waals surface area contributed by atoms with Crippen LogP contribution < -0.4 is 20.1 Å². The first-order chi connectivity index (χ1) is 11.8. The van der Waals surface area contributed by atoms with E-state index in [-0.39, 0.29) is 24.0 Å². The largest absolute Gasteiger partial charge is 0.493 e. The van der Waals surface area contributed by atoms with Crippen molar-refractivity contribution >= 4 is 41.7 Å². The molecule has 142 valence electrons. The van der Waals surface area contributed by atoms with Crippen LogP contribution in [-0.4, -0.2) is 43.8 Å². The lowest BCUT2D eigenvalue weighted by Crippen LogP contribution is -2.40. The van der Waals surface area contributed by atoms with E-state index in [0.29, 0.717) is 18.4 Å². The fraction of sp³-hybridized carbons (Fsp3) is 0.611. The Labute approximate surface area is 172 Å². The summed E-state index contributed by atoms with van der Waals surface area (Å²) in [6.07, 6.45) is 2.63. The molecule has 1 aromatic carbocycles. The van der Waals surface area contributed by atoms with Gasteiger partial charge in [-0.2, -0.15) is 11.8 Å². The van der Waals surface area contributed by atoms with Gasteiger partial charge in [-0.15, -0.1) is 24.0 Å². The van der Waals surface area contributed by atoms with Gasteiger partial charge in [-0.3, -0.25) is 0 Å². The van der Waals surface area contributed by atoms with Gasteiger partial charge in [0.1, 0.15) is 0 Å². The van der Waals surface area contributed by atoms with E-state index in [2.05, 4.69) is 29.3 Å². The molecule has 0 radical (unpaired) electrons. The van der Waals surface area contributed by atoms with Crippen LogP contribution >= 0.6 is 35.7 Å². The number of benzene rings is 1. The van der Waals surface area contributed by atoms with Crippen molar-refractivity contribution in [3.8, 4) is 11.5 Å². The summed E-state index contributed by atoms with van der Waals surface area (Å²) in [4.78, 5) is 4.69. The minimum atomic E-state index is 0. The molecule has 25 heavy (non-hydrogen) atoms. The summed E-state index contributed by atoms with van der Waals surface area (Å²) in [6.45, 7) is 7.11. The van der Waals surface area contributed by atoms with Gasteiger partial charge in [-0.25, -0.2) is 4.99 Å². The van der Waals surface area contributed by atoms with Gasteiger partial charge in [0, 0.05) is 18.3 Å². The first kappa shape index (κ1) is 22.2. The Hall–Kier alpha value is -0.830. The molecule has 1 atom stereocenters. The number of nitrogens with zero attached hydrogens (tertiary/aromatic N) is 1. The van der Waals surface area contributed by atoms with Crippen molar-refractivity contribution in [2.24, 2.45) is 4.99 Å². The van der Waals surface area contributed by atoms with Gasteiger partial charge >= 0.3 is 0 Å². The molecule has 0 spiro atoms. The molecule has 0 aromatic heterocycles. The van der Waals surface area contributed by atoms with E-state index >= 15 is 0 Å². The van der Waals surface area contributed by atoms with Gasteiger partial charge in [-0.05, 0) is 50.1 Å². The Morgan fingerprint density at radius 1 is 1.28 bits per heavy atom. The van der Waals surface area contributed by atoms with Crippen molar-refractivity contribution in [1.29, 1.82) is 0 Å². The van der Waals surface area contributed by atoms with Gasteiger partial charge in [0.15, 0.2) is 17.5 Å². The van der Waals surface area contributed by atoms with Gasteiger partial charge in [0.25, 0.3) is 0 Å². The van der Waals surface area contributed by atoms with Crippen molar-refractivity contribution in [1.82, 2.24) is 10.6 Å². The summed E-state index contributed by atoms with van der Waals surface area (Å²) in [5.41, 5.74) is 1.10. The maximum Gasteiger partial charge on any atom is 0.191 e. The third-order valence-corrected chi connectivity index (χ3v) is 5.21. The molecule has 5 nitrogen and oxygen atoms in total. The van der Waals surface area contributed by atoms with Gasteiger partial charge in [0.05, 0.1) is 20.3 Å². The Bertz CT molecular complexity index is 537.